The molecule has 27 heavy (non-hydrogen) atoms. The molecule has 0 amide bonds. The van der Waals surface area contributed by atoms with E-state index in [0.29, 0.717) is 0 Å². The van der Waals surface area contributed by atoms with Crippen molar-refractivity contribution in [1.29, 1.82) is 0 Å². The van der Waals surface area contributed by atoms with Gasteiger partial charge in [0.05, 0.1) is 0 Å². The number of piperazine rings is 1. The van der Waals surface area contributed by atoms with Crippen molar-refractivity contribution in [3.05, 3.63) is 72.4 Å². The third-order valence-corrected chi connectivity index (χ3v) is 5.04. The number of aryl methyl sites for hydroxylation is 1. The molecule has 0 atom stereocenters. The molecule has 138 valence electrons. The number of nitrogens with zero attached hydrogens (tertiary/aromatic N) is 5. The molecule has 1 aromatic heterocycles. The molecule has 1 fully saturated rings. The van der Waals surface area contributed by atoms with Gasteiger partial charge < -0.3 is 14.7 Å². The van der Waals surface area contributed by atoms with Crippen molar-refractivity contribution in [2.24, 2.45) is 0 Å². The van der Waals surface area contributed by atoms with Crippen molar-refractivity contribution in [3.63, 3.8) is 0 Å². The first-order valence-electron chi connectivity index (χ1n) is 9.39. The first-order chi connectivity index (χ1) is 13.2. The zero-order chi connectivity index (χ0) is 18.6. The van der Waals surface area contributed by atoms with E-state index in [-0.39, 0.29) is 0 Å². The summed E-state index contributed by atoms with van der Waals surface area (Å²) in [4.78, 5) is 16.1. The number of para-hydroxylation sites is 1. The van der Waals surface area contributed by atoms with Crippen LogP contribution in [0, 0.1) is 6.92 Å². The molecule has 0 bridgehead atoms. The highest BCUT2D eigenvalue weighted by Gasteiger charge is 2.19. The van der Waals surface area contributed by atoms with Crippen LogP contribution in [0.5, 0.6) is 0 Å². The minimum Gasteiger partial charge on any atom is -0.368 e. The van der Waals surface area contributed by atoms with Gasteiger partial charge in [-0.15, -0.1) is 0 Å². The number of hydrogen-bond acceptors (Lipinski definition) is 5. The van der Waals surface area contributed by atoms with Crippen LogP contribution in [0.25, 0.3) is 0 Å². The Hall–Kier alpha value is -3.08. The molecular formula is C22H25N5. The minimum absolute atomic E-state index is 0.722. The van der Waals surface area contributed by atoms with Gasteiger partial charge in [-0.05, 0) is 42.8 Å². The Kier molecular flexibility index (Phi) is 4.92. The van der Waals surface area contributed by atoms with Gasteiger partial charge in [-0.3, -0.25) is 0 Å². The van der Waals surface area contributed by atoms with Gasteiger partial charge in [0.1, 0.15) is 5.82 Å². The van der Waals surface area contributed by atoms with E-state index in [4.69, 9.17) is 4.98 Å². The highest BCUT2D eigenvalue weighted by atomic mass is 15.3. The van der Waals surface area contributed by atoms with Gasteiger partial charge in [-0.1, -0.05) is 30.3 Å². The van der Waals surface area contributed by atoms with E-state index in [2.05, 4.69) is 58.1 Å². The second-order valence-electron chi connectivity index (χ2n) is 6.92. The number of hydrogen-bond donors (Lipinski definition) is 0. The maximum Gasteiger partial charge on any atom is 0.231 e. The van der Waals surface area contributed by atoms with E-state index in [1.165, 1.54) is 11.3 Å². The summed E-state index contributed by atoms with van der Waals surface area (Å²) in [7, 11) is 2.00. The normalized spacial score (nSPS) is 14.3. The third kappa shape index (κ3) is 3.87. The van der Waals surface area contributed by atoms with Gasteiger partial charge in [0.2, 0.25) is 5.95 Å². The van der Waals surface area contributed by atoms with E-state index in [1.54, 1.807) is 0 Å². The van der Waals surface area contributed by atoms with Crippen LogP contribution in [0.3, 0.4) is 0 Å². The Morgan fingerprint density at radius 1 is 0.852 bits per heavy atom. The minimum atomic E-state index is 0.722. The van der Waals surface area contributed by atoms with Crippen LogP contribution >= 0.6 is 0 Å². The standard InChI is InChI=1S/C22H25N5/c1-18-7-6-10-20(17-18)26-13-15-27(16-14-26)21-11-12-23-22(24-21)25(2)19-8-4-3-5-9-19/h3-12,17H,13-16H2,1-2H3. The average molecular weight is 359 g/mol. The van der Waals surface area contributed by atoms with Crippen molar-refractivity contribution >= 4 is 23.1 Å². The first kappa shape index (κ1) is 17.3. The fourth-order valence-electron chi connectivity index (χ4n) is 3.46. The van der Waals surface area contributed by atoms with Crippen molar-refractivity contribution in [3.8, 4) is 0 Å². The number of benzene rings is 2. The highest BCUT2D eigenvalue weighted by molar-refractivity contribution is 5.58. The lowest BCUT2D eigenvalue weighted by Crippen LogP contribution is -2.46. The fraction of sp³-hybridized carbons (Fsp3) is 0.273. The topological polar surface area (TPSA) is 35.5 Å². The lowest BCUT2D eigenvalue weighted by molar-refractivity contribution is 0.646. The van der Waals surface area contributed by atoms with Crippen molar-refractivity contribution in [2.75, 3.05) is 47.9 Å². The summed E-state index contributed by atoms with van der Waals surface area (Å²) in [5.41, 5.74) is 3.69. The largest absolute Gasteiger partial charge is 0.368 e. The predicted molar refractivity (Wildman–Crippen MR) is 112 cm³/mol. The van der Waals surface area contributed by atoms with Crippen LogP contribution in [-0.2, 0) is 0 Å². The molecule has 0 unspecified atom stereocenters. The number of rotatable bonds is 4. The lowest BCUT2D eigenvalue weighted by Gasteiger charge is -2.37. The summed E-state index contributed by atoms with van der Waals surface area (Å²) in [6.45, 7) is 6.05. The molecule has 5 heteroatoms. The zero-order valence-electron chi connectivity index (χ0n) is 15.9. The molecule has 0 spiro atoms. The Bertz CT molecular complexity index is 888. The zero-order valence-corrected chi connectivity index (χ0v) is 15.9. The van der Waals surface area contributed by atoms with E-state index in [9.17, 15) is 0 Å². The van der Waals surface area contributed by atoms with E-state index < -0.39 is 0 Å². The summed E-state index contributed by atoms with van der Waals surface area (Å²) in [6.07, 6.45) is 1.85. The maximum atomic E-state index is 4.81. The van der Waals surface area contributed by atoms with Gasteiger partial charge in [0, 0.05) is 50.8 Å². The molecule has 1 aliphatic heterocycles. The number of anilines is 4. The molecule has 5 nitrogen and oxygen atoms in total. The predicted octanol–water partition coefficient (Wildman–Crippen LogP) is 3.88. The van der Waals surface area contributed by atoms with Crippen LogP contribution in [0.15, 0.2) is 66.9 Å². The van der Waals surface area contributed by atoms with Crippen LogP contribution in [0.2, 0.25) is 0 Å². The molecule has 4 rings (SSSR count). The Morgan fingerprint density at radius 3 is 2.33 bits per heavy atom. The molecule has 0 saturated carbocycles. The highest BCUT2D eigenvalue weighted by Crippen LogP contribution is 2.23. The average Bonchev–Trinajstić information content (AvgIpc) is 2.74. The molecule has 2 aromatic carbocycles. The molecule has 3 aromatic rings. The molecule has 1 saturated heterocycles. The molecule has 0 N–H and O–H groups in total. The SMILES string of the molecule is Cc1cccc(N2CCN(c3ccnc(N(C)c4ccccc4)n3)CC2)c1. The van der Waals surface area contributed by atoms with Crippen LogP contribution < -0.4 is 14.7 Å². The van der Waals surface area contributed by atoms with Gasteiger partial charge in [-0.25, -0.2) is 4.98 Å². The maximum absolute atomic E-state index is 4.81. The van der Waals surface area contributed by atoms with E-state index in [1.807, 2.05) is 42.4 Å². The van der Waals surface area contributed by atoms with Gasteiger partial charge >= 0.3 is 0 Å². The molecule has 0 radical (unpaired) electrons. The van der Waals surface area contributed by atoms with Crippen LogP contribution in [-0.4, -0.2) is 43.2 Å². The monoisotopic (exact) mass is 359 g/mol. The van der Waals surface area contributed by atoms with E-state index in [0.717, 1.165) is 43.6 Å². The Morgan fingerprint density at radius 2 is 1.59 bits per heavy atom. The number of aromatic nitrogens is 2. The van der Waals surface area contributed by atoms with Gasteiger partial charge in [0.15, 0.2) is 0 Å². The quantitative estimate of drug-likeness (QED) is 0.706. The summed E-state index contributed by atoms with van der Waals surface area (Å²) < 4.78 is 0. The van der Waals surface area contributed by atoms with Gasteiger partial charge in [-0.2, -0.15) is 4.98 Å². The van der Waals surface area contributed by atoms with Gasteiger partial charge in [0.25, 0.3) is 0 Å². The second-order valence-corrected chi connectivity index (χ2v) is 6.92. The van der Waals surface area contributed by atoms with E-state index >= 15 is 0 Å². The second kappa shape index (κ2) is 7.66. The summed E-state index contributed by atoms with van der Waals surface area (Å²) >= 11 is 0. The summed E-state index contributed by atoms with van der Waals surface area (Å²) in [5.74, 6) is 1.71. The molecule has 1 aliphatic rings. The fourth-order valence-corrected chi connectivity index (χ4v) is 3.46. The molecular weight excluding hydrogens is 334 g/mol. The smallest absolute Gasteiger partial charge is 0.231 e. The Labute approximate surface area is 160 Å². The van der Waals surface area contributed by atoms with Crippen LogP contribution in [0.4, 0.5) is 23.1 Å². The first-order valence-corrected chi connectivity index (χ1v) is 9.39. The molecule has 0 aliphatic carbocycles. The lowest BCUT2D eigenvalue weighted by atomic mass is 10.2. The summed E-state index contributed by atoms with van der Waals surface area (Å²) in [5, 5.41) is 0. The van der Waals surface area contributed by atoms with Crippen molar-refractivity contribution < 1.29 is 0 Å². The van der Waals surface area contributed by atoms with Crippen molar-refractivity contribution in [1.82, 2.24) is 9.97 Å². The van der Waals surface area contributed by atoms with Crippen LogP contribution in [0.1, 0.15) is 5.56 Å². The Balaban J connectivity index is 1.46. The molecule has 2 heterocycles. The third-order valence-electron chi connectivity index (χ3n) is 5.04. The van der Waals surface area contributed by atoms with Crippen molar-refractivity contribution in [2.45, 2.75) is 6.92 Å². The summed E-state index contributed by atoms with van der Waals surface area (Å²) in [6, 6.07) is 20.9.